The minimum absolute atomic E-state index is 0. The van der Waals surface area contributed by atoms with Crippen LogP contribution in [0.5, 0.6) is 0 Å². The van der Waals surface area contributed by atoms with Gasteiger partial charge in [-0.2, -0.15) is 0 Å². The number of para-hydroxylation sites is 1. The Labute approximate surface area is 316 Å². The zero-order valence-electron chi connectivity index (χ0n) is 29.4. The van der Waals surface area contributed by atoms with E-state index in [2.05, 4.69) is 25.9 Å². The Hall–Kier alpha value is -5.34. The number of aryl methyl sites for hydroxylation is 1. The van der Waals surface area contributed by atoms with Crippen LogP contribution in [0.25, 0.3) is 22.4 Å². The van der Waals surface area contributed by atoms with Crippen LogP contribution >= 0.6 is 12.4 Å². The molecule has 12 nitrogen and oxygen atoms in total. The Kier molecular flexibility index (Phi) is 10.2. The molecular formula is C39H40ClF2N7O5. The van der Waals surface area contributed by atoms with Gasteiger partial charge in [-0.25, -0.2) is 18.6 Å². The first kappa shape index (κ1) is 37.0. The number of likely N-dealkylation sites (tertiary alicyclic amines) is 1. The van der Waals surface area contributed by atoms with E-state index in [1.165, 1.54) is 12.0 Å². The Bertz CT molecular complexity index is 2080. The molecule has 0 aliphatic carbocycles. The quantitative estimate of drug-likeness (QED) is 0.198. The first-order valence-electron chi connectivity index (χ1n) is 17.9. The van der Waals surface area contributed by atoms with Gasteiger partial charge in [-0.1, -0.05) is 54.6 Å². The normalized spacial score (nSPS) is 22.6. The summed E-state index contributed by atoms with van der Waals surface area (Å²) < 4.78 is 32.1. The molecule has 15 heteroatoms. The number of alkyl halides is 2. The van der Waals surface area contributed by atoms with Crippen LogP contribution in [0.1, 0.15) is 48.7 Å². The number of nitrogens with zero attached hydrogens (tertiary/aromatic N) is 3. The number of amides is 4. The lowest BCUT2D eigenvalue weighted by molar-refractivity contribution is -0.138. The molecule has 8 rings (SSSR count). The highest BCUT2D eigenvalue weighted by molar-refractivity contribution is 6.08. The number of carbonyl (C=O) groups excluding carboxylic acids is 4. The van der Waals surface area contributed by atoms with Crippen LogP contribution in [0.15, 0.2) is 72.9 Å². The van der Waals surface area contributed by atoms with E-state index >= 15 is 0 Å². The molecule has 4 N–H and O–H groups in total. The van der Waals surface area contributed by atoms with Gasteiger partial charge in [-0.15, -0.1) is 12.4 Å². The number of aromatic amines is 1. The second-order valence-corrected chi connectivity index (χ2v) is 14.1. The van der Waals surface area contributed by atoms with Crippen molar-refractivity contribution >= 4 is 47.6 Å². The first-order chi connectivity index (χ1) is 25.6. The summed E-state index contributed by atoms with van der Waals surface area (Å²) in [7, 11) is 1.24. The fourth-order valence-electron chi connectivity index (χ4n) is 8.04. The summed E-state index contributed by atoms with van der Waals surface area (Å²) >= 11 is 0. The van der Waals surface area contributed by atoms with Crippen LogP contribution in [-0.2, 0) is 32.0 Å². The Balaban J connectivity index is 0.00000450. The molecule has 282 valence electrons. The number of hydrogen-bond donors (Lipinski definition) is 4. The predicted octanol–water partition coefficient (Wildman–Crippen LogP) is 5.39. The van der Waals surface area contributed by atoms with Crippen molar-refractivity contribution in [3.05, 3.63) is 89.9 Å². The zero-order valence-corrected chi connectivity index (χ0v) is 30.3. The lowest BCUT2D eigenvalue weighted by Crippen LogP contribution is -2.56. The highest BCUT2D eigenvalue weighted by atomic mass is 35.5. The molecule has 2 fully saturated rings. The van der Waals surface area contributed by atoms with Crippen molar-refractivity contribution in [1.82, 2.24) is 25.5 Å². The molecule has 0 bridgehead atoms. The van der Waals surface area contributed by atoms with Gasteiger partial charge in [0.1, 0.15) is 23.9 Å². The van der Waals surface area contributed by atoms with E-state index in [4.69, 9.17) is 4.74 Å². The number of imidazole rings is 1. The second-order valence-electron chi connectivity index (χ2n) is 14.1. The van der Waals surface area contributed by atoms with Crippen LogP contribution in [-0.4, -0.2) is 82.9 Å². The fourth-order valence-corrected chi connectivity index (χ4v) is 8.04. The first-order valence-corrected chi connectivity index (χ1v) is 17.9. The van der Waals surface area contributed by atoms with Gasteiger partial charge in [0.15, 0.2) is 0 Å². The van der Waals surface area contributed by atoms with Gasteiger partial charge in [-0.05, 0) is 65.6 Å². The van der Waals surface area contributed by atoms with Gasteiger partial charge in [0.2, 0.25) is 17.7 Å². The highest BCUT2D eigenvalue weighted by Gasteiger charge is 2.47. The van der Waals surface area contributed by atoms with Crippen LogP contribution in [0.2, 0.25) is 0 Å². The molecule has 5 heterocycles. The Morgan fingerprint density at radius 2 is 1.65 bits per heavy atom. The maximum Gasteiger partial charge on any atom is 0.407 e. The number of methoxy groups -OCH3 is 1. The van der Waals surface area contributed by atoms with Crippen molar-refractivity contribution < 1.29 is 32.7 Å². The lowest BCUT2D eigenvalue weighted by atomic mass is 10.0. The molecule has 0 saturated carbocycles. The smallest absolute Gasteiger partial charge is 0.407 e. The number of nitrogens with one attached hydrogen (secondary N) is 4. The number of H-pyrrole nitrogens is 1. The molecule has 4 atom stereocenters. The largest absolute Gasteiger partial charge is 0.453 e. The molecular weight excluding hydrogens is 720 g/mol. The molecule has 4 amide bonds. The summed E-state index contributed by atoms with van der Waals surface area (Å²) in [5.41, 5.74) is 6.63. The SMILES string of the molecule is COC(=O)N[C@H]1CCc2cccc3c2N(C1=O)[C@H](C(=O)N1CCC[C@H]1C(=O)Nc1ccc(-c2ccc(-c4cnc([C@@H]5CC(F)(F)CN5)[nH]4)cc2)cc1)C3.Cl. The average Bonchev–Trinajstić information content (AvgIpc) is 3.97. The maximum absolute atomic E-state index is 14.2. The van der Waals surface area contributed by atoms with Crippen molar-refractivity contribution in [2.45, 2.75) is 68.6 Å². The van der Waals surface area contributed by atoms with Crippen molar-refractivity contribution in [1.29, 1.82) is 0 Å². The number of benzene rings is 3. The maximum atomic E-state index is 14.2. The van der Waals surface area contributed by atoms with Crippen molar-refractivity contribution in [2.75, 3.05) is 30.4 Å². The standard InChI is InChI=1S/C39H39F2N7O5.ClH/c1-53-38(52)46-28-16-13-25-4-2-5-26-18-32(48(33(25)26)36(28)50)37(51)47-17-3-6-31(47)35(49)44-27-14-11-23(12-15-27)22-7-9-24(10-8-22)30-20-42-34(45-30)29-19-39(40,41)21-43-29;/h2,4-5,7-12,14-15,20,28-29,31-32,43H,3,6,13,16-19,21H2,1H3,(H,42,45)(H,44,49)(H,46,52);1H/t28-,29-,31-,32-;/m0./s1. The second kappa shape index (κ2) is 14.8. The van der Waals surface area contributed by atoms with E-state index in [1.807, 2.05) is 66.7 Å². The number of hydrogen-bond acceptors (Lipinski definition) is 7. The summed E-state index contributed by atoms with van der Waals surface area (Å²) in [6, 6.07) is 18.1. The van der Waals surface area contributed by atoms with E-state index in [-0.39, 0.29) is 43.1 Å². The van der Waals surface area contributed by atoms with Crippen molar-refractivity contribution in [3.63, 3.8) is 0 Å². The number of ether oxygens (including phenoxy) is 1. The van der Waals surface area contributed by atoms with Crippen LogP contribution in [0.3, 0.4) is 0 Å². The molecule has 0 radical (unpaired) electrons. The minimum atomic E-state index is -2.74. The number of anilines is 2. The molecule has 0 unspecified atom stereocenters. The molecule has 54 heavy (non-hydrogen) atoms. The van der Waals surface area contributed by atoms with Gasteiger partial charge in [0.25, 0.3) is 5.92 Å². The fraction of sp³-hybridized carbons (Fsp3) is 0.359. The van der Waals surface area contributed by atoms with Crippen LogP contribution in [0.4, 0.5) is 25.0 Å². The van der Waals surface area contributed by atoms with E-state index in [1.54, 1.807) is 11.1 Å². The van der Waals surface area contributed by atoms with Crippen molar-refractivity contribution in [3.8, 4) is 22.4 Å². The summed E-state index contributed by atoms with van der Waals surface area (Å²) in [4.78, 5) is 64.4. The molecule has 4 aliphatic rings. The topological polar surface area (TPSA) is 149 Å². The van der Waals surface area contributed by atoms with Crippen LogP contribution in [0, 0.1) is 0 Å². The molecule has 0 spiro atoms. The van der Waals surface area contributed by atoms with Crippen molar-refractivity contribution in [2.24, 2.45) is 0 Å². The van der Waals surface area contributed by atoms with E-state index in [9.17, 15) is 28.0 Å². The zero-order chi connectivity index (χ0) is 36.9. The summed E-state index contributed by atoms with van der Waals surface area (Å²) in [6.45, 7) is 0.0351. The number of halogens is 3. The van der Waals surface area contributed by atoms with Gasteiger partial charge in [-0.3, -0.25) is 19.3 Å². The molecule has 3 aromatic carbocycles. The lowest BCUT2D eigenvalue weighted by Gasteiger charge is -2.32. The van der Waals surface area contributed by atoms with Gasteiger partial charge < -0.3 is 30.6 Å². The van der Waals surface area contributed by atoms with Gasteiger partial charge in [0, 0.05) is 25.1 Å². The van der Waals surface area contributed by atoms with E-state index in [0.717, 1.165) is 39.2 Å². The van der Waals surface area contributed by atoms with Gasteiger partial charge >= 0.3 is 6.09 Å². The number of rotatable bonds is 7. The number of carbonyl (C=O) groups is 4. The molecule has 1 aromatic heterocycles. The highest BCUT2D eigenvalue weighted by Crippen LogP contribution is 2.40. The third-order valence-electron chi connectivity index (χ3n) is 10.7. The van der Waals surface area contributed by atoms with E-state index in [0.29, 0.717) is 50.2 Å². The third-order valence-corrected chi connectivity index (χ3v) is 10.7. The van der Waals surface area contributed by atoms with Gasteiger partial charge in [0.05, 0.1) is 37.3 Å². The number of aromatic nitrogens is 2. The number of alkyl carbamates (subject to hydrolysis) is 1. The van der Waals surface area contributed by atoms with E-state index < -0.39 is 36.2 Å². The summed E-state index contributed by atoms with van der Waals surface area (Å²) in [6.07, 6.45) is 3.05. The average molecular weight is 760 g/mol. The molecule has 4 aromatic rings. The minimum Gasteiger partial charge on any atom is -0.453 e. The van der Waals surface area contributed by atoms with Crippen LogP contribution < -0.4 is 20.9 Å². The monoisotopic (exact) mass is 759 g/mol. The summed E-state index contributed by atoms with van der Waals surface area (Å²) in [5, 5.41) is 8.43. The Morgan fingerprint density at radius 3 is 2.35 bits per heavy atom. The third kappa shape index (κ3) is 7.03. The summed E-state index contributed by atoms with van der Waals surface area (Å²) in [5.74, 6) is -3.21. The Morgan fingerprint density at radius 1 is 0.944 bits per heavy atom. The molecule has 4 aliphatic heterocycles. The predicted molar refractivity (Wildman–Crippen MR) is 199 cm³/mol. The molecule has 2 saturated heterocycles.